The lowest BCUT2D eigenvalue weighted by Gasteiger charge is -2.69. The molecule has 1 N–H and O–H groups in total. The van der Waals surface area contributed by atoms with Crippen LogP contribution >= 0.6 is 0 Å². The van der Waals surface area contributed by atoms with Gasteiger partial charge in [0.05, 0.1) is 5.57 Å². The molecule has 6 nitrogen and oxygen atoms in total. The fraction of sp³-hybridized carbons (Fsp3) is 0.575. The first kappa shape index (κ1) is 33.1. The van der Waals surface area contributed by atoms with Gasteiger partial charge in [0, 0.05) is 22.3 Å². The molecule has 6 rings (SSSR count). The SMILES string of the molecule is CC1(C)CC[C@]2(NC(=O)/C(C#N)=C/c3ccc(F)cc3)CC[C@]3(C)[C@H](C(=O)C=C4[C@@]5(C)C=C(C#N)C(=O)C(C)(C)[C@@H]5CC[C@]43C)[C@@H]2C1. The Morgan fingerprint density at radius 3 is 2.26 bits per heavy atom. The zero-order chi connectivity index (χ0) is 34.4. The molecule has 7 atom stereocenters. The number of fused-ring (bicyclic) bond motifs is 7. The van der Waals surface area contributed by atoms with Crippen LogP contribution in [0.2, 0.25) is 0 Å². The maximum atomic E-state index is 14.7. The van der Waals surface area contributed by atoms with Crippen LogP contribution in [0.3, 0.4) is 0 Å². The number of nitriles is 2. The van der Waals surface area contributed by atoms with Gasteiger partial charge in [-0.05, 0) is 103 Å². The Morgan fingerprint density at radius 2 is 1.62 bits per heavy atom. The molecule has 47 heavy (non-hydrogen) atoms. The Hall–Kier alpha value is -3.84. The van der Waals surface area contributed by atoms with Gasteiger partial charge in [-0.3, -0.25) is 14.4 Å². The number of amides is 1. The summed E-state index contributed by atoms with van der Waals surface area (Å²) >= 11 is 0. The van der Waals surface area contributed by atoms with E-state index in [9.17, 15) is 29.3 Å². The number of rotatable bonds is 3. The van der Waals surface area contributed by atoms with Crippen LogP contribution in [0.1, 0.15) is 99.0 Å². The Kier molecular flexibility index (Phi) is 7.45. The molecule has 1 aromatic carbocycles. The van der Waals surface area contributed by atoms with Crippen LogP contribution in [0, 0.1) is 73.3 Å². The molecule has 0 aliphatic heterocycles. The number of Topliss-reactive ketones (excluding diaryl/α,β-unsaturated/α-hetero) is 1. The summed E-state index contributed by atoms with van der Waals surface area (Å²) in [6.07, 6.45) is 10.6. The molecule has 0 heterocycles. The summed E-state index contributed by atoms with van der Waals surface area (Å²) in [6.45, 7) is 15.0. The number of nitrogens with zero attached hydrogens (tertiary/aromatic N) is 2. The monoisotopic (exact) mass is 635 g/mol. The first-order valence-corrected chi connectivity index (χ1v) is 17.0. The Morgan fingerprint density at radius 1 is 0.957 bits per heavy atom. The fourth-order valence-corrected chi connectivity index (χ4v) is 11.0. The average molecular weight is 636 g/mol. The number of nitrogens with one attached hydrogen (secondary N) is 1. The minimum Gasteiger partial charge on any atom is -0.346 e. The molecular weight excluding hydrogens is 589 g/mol. The fourth-order valence-electron chi connectivity index (χ4n) is 11.0. The predicted molar refractivity (Wildman–Crippen MR) is 177 cm³/mol. The second kappa shape index (κ2) is 10.6. The highest BCUT2D eigenvalue weighted by atomic mass is 19.1. The number of hydrogen-bond acceptors (Lipinski definition) is 5. The second-order valence-electron chi connectivity index (χ2n) is 17.1. The van der Waals surface area contributed by atoms with E-state index in [2.05, 4.69) is 52.1 Å². The van der Waals surface area contributed by atoms with Crippen molar-refractivity contribution in [3.8, 4) is 12.1 Å². The number of allylic oxidation sites excluding steroid dienone is 4. The van der Waals surface area contributed by atoms with Crippen molar-refractivity contribution in [1.29, 1.82) is 10.5 Å². The highest BCUT2D eigenvalue weighted by Gasteiger charge is 2.70. The number of carbonyl (C=O) groups is 3. The van der Waals surface area contributed by atoms with Gasteiger partial charge in [0.15, 0.2) is 11.6 Å². The van der Waals surface area contributed by atoms with Gasteiger partial charge in [0.25, 0.3) is 5.91 Å². The number of halogens is 1. The molecule has 5 aliphatic rings. The predicted octanol–water partition coefficient (Wildman–Crippen LogP) is 7.82. The Labute approximate surface area is 278 Å². The van der Waals surface area contributed by atoms with Crippen LogP contribution in [0.5, 0.6) is 0 Å². The van der Waals surface area contributed by atoms with Crippen LogP contribution < -0.4 is 5.32 Å². The third kappa shape index (κ3) is 4.71. The molecule has 5 aliphatic carbocycles. The zero-order valence-electron chi connectivity index (χ0n) is 28.7. The Balaban J connectivity index is 1.43. The number of hydrogen-bond donors (Lipinski definition) is 1. The van der Waals surface area contributed by atoms with E-state index in [0.717, 1.165) is 37.7 Å². The summed E-state index contributed by atoms with van der Waals surface area (Å²) < 4.78 is 13.5. The van der Waals surface area contributed by atoms with Gasteiger partial charge in [-0.1, -0.05) is 72.2 Å². The van der Waals surface area contributed by atoms with Crippen LogP contribution in [-0.2, 0) is 14.4 Å². The highest BCUT2D eigenvalue weighted by Crippen LogP contribution is 2.73. The number of benzene rings is 1. The molecule has 246 valence electrons. The second-order valence-corrected chi connectivity index (χ2v) is 17.1. The zero-order valence-corrected chi connectivity index (χ0v) is 28.7. The average Bonchev–Trinajstić information content (AvgIpc) is 3.00. The van der Waals surface area contributed by atoms with Crippen molar-refractivity contribution < 1.29 is 18.8 Å². The van der Waals surface area contributed by atoms with Gasteiger partial charge >= 0.3 is 0 Å². The molecular formula is C40H46FN3O3. The molecule has 3 saturated carbocycles. The molecule has 0 radical (unpaired) electrons. The maximum Gasteiger partial charge on any atom is 0.262 e. The summed E-state index contributed by atoms with van der Waals surface area (Å²) in [6, 6.07) is 9.89. The minimum absolute atomic E-state index is 0.0280. The van der Waals surface area contributed by atoms with E-state index >= 15 is 0 Å². The summed E-state index contributed by atoms with van der Waals surface area (Å²) in [7, 11) is 0. The molecule has 3 fully saturated rings. The molecule has 0 bridgehead atoms. The normalized spacial score (nSPS) is 38.6. The third-order valence-electron chi connectivity index (χ3n) is 13.8. The minimum atomic E-state index is -0.725. The van der Waals surface area contributed by atoms with Gasteiger partial charge in [0.1, 0.15) is 23.5 Å². The van der Waals surface area contributed by atoms with E-state index in [4.69, 9.17) is 0 Å². The van der Waals surface area contributed by atoms with E-state index in [0.29, 0.717) is 18.4 Å². The van der Waals surface area contributed by atoms with Crippen molar-refractivity contribution in [3.05, 3.63) is 64.5 Å². The van der Waals surface area contributed by atoms with E-state index < -0.39 is 33.5 Å². The number of ketones is 2. The lowest BCUT2D eigenvalue weighted by molar-refractivity contribution is -0.163. The molecule has 0 spiro atoms. The van der Waals surface area contributed by atoms with Gasteiger partial charge < -0.3 is 5.32 Å². The molecule has 0 saturated heterocycles. The molecule has 1 amide bonds. The van der Waals surface area contributed by atoms with Crippen molar-refractivity contribution in [2.75, 3.05) is 0 Å². The van der Waals surface area contributed by atoms with E-state index in [1.165, 1.54) is 30.3 Å². The lowest BCUT2D eigenvalue weighted by atomic mass is 9.35. The van der Waals surface area contributed by atoms with Crippen molar-refractivity contribution >= 4 is 23.5 Å². The largest absolute Gasteiger partial charge is 0.346 e. The van der Waals surface area contributed by atoms with Gasteiger partial charge in [-0.15, -0.1) is 0 Å². The van der Waals surface area contributed by atoms with E-state index in [1.807, 2.05) is 26.0 Å². The molecule has 0 aromatic heterocycles. The van der Waals surface area contributed by atoms with Crippen LogP contribution in [0.25, 0.3) is 6.08 Å². The highest BCUT2D eigenvalue weighted by molar-refractivity contribution is 6.05. The Bertz CT molecular complexity index is 1750. The van der Waals surface area contributed by atoms with Crippen LogP contribution in [0.15, 0.2) is 53.1 Å². The van der Waals surface area contributed by atoms with E-state index in [1.54, 1.807) is 0 Å². The third-order valence-corrected chi connectivity index (χ3v) is 13.8. The quantitative estimate of drug-likeness (QED) is 0.269. The lowest BCUT2D eigenvalue weighted by Crippen LogP contribution is -2.69. The van der Waals surface area contributed by atoms with Crippen molar-refractivity contribution in [3.63, 3.8) is 0 Å². The summed E-state index contributed by atoms with van der Waals surface area (Å²) in [5.41, 5.74) is -1.06. The summed E-state index contributed by atoms with van der Waals surface area (Å²) in [4.78, 5) is 41.9. The maximum absolute atomic E-state index is 14.7. The van der Waals surface area contributed by atoms with Crippen LogP contribution in [-0.4, -0.2) is 23.0 Å². The van der Waals surface area contributed by atoms with E-state index in [-0.39, 0.29) is 51.3 Å². The first-order valence-electron chi connectivity index (χ1n) is 17.0. The van der Waals surface area contributed by atoms with Crippen molar-refractivity contribution in [2.45, 2.75) is 99.0 Å². The smallest absolute Gasteiger partial charge is 0.262 e. The van der Waals surface area contributed by atoms with Crippen molar-refractivity contribution in [2.24, 2.45) is 44.8 Å². The topological polar surface area (TPSA) is 111 Å². The van der Waals surface area contributed by atoms with Gasteiger partial charge in [0.2, 0.25) is 0 Å². The standard InChI is InChI=1S/C40H46FN3O3/c1-35(2)14-16-40(44-34(47)25(22-42)18-24-8-10-27(41)11-9-24)17-15-39(7)32(28(40)21-35)29(45)19-31-37(5)20-26(23-43)33(46)36(3,4)30(37)12-13-38(31,39)6/h8-11,18-20,28,30,32H,12-17,21H2,1-7H3,(H,44,47)/b25-18+/t28-,30-,32-,37-,38+,39+,40-/m0/s1. The molecule has 0 unspecified atom stereocenters. The van der Waals surface area contributed by atoms with Gasteiger partial charge in [-0.2, -0.15) is 10.5 Å². The molecule has 1 aromatic rings. The van der Waals surface area contributed by atoms with Gasteiger partial charge in [-0.25, -0.2) is 4.39 Å². The first-order chi connectivity index (χ1) is 21.9. The van der Waals surface area contributed by atoms with Crippen LogP contribution in [0.4, 0.5) is 4.39 Å². The van der Waals surface area contributed by atoms with Crippen molar-refractivity contribution in [1.82, 2.24) is 5.32 Å². The summed E-state index contributed by atoms with van der Waals surface area (Å²) in [5, 5.41) is 23.3. The number of carbonyl (C=O) groups excluding carboxylic acids is 3. The summed E-state index contributed by atoms with van der Waals surface area (Å²) in [5.74, 6) is -1.42. The molecule has 7 heteroatoms.